The van der Waals surface area contributed by atoms with Crippen molar-refractivity contribution in [2.24, 2.45) is 11.7 Å². The number of nitrogens with two attached hydrogens (primary N) is 1. The summed E-state index contributed by atoms with van der Waals surface area (Å²) in [6.45, 7) is 4.44. The molecule has 0 aliphatic rings. The zero-order chi connectivity index (χ0) is 14.4. The largest absolute Gasteiger partial charge is 0.383 e. The van der Waals surface area contributed by atoms with E-state index in [0.29, 0.717) is 5.92 Å². The van der Waals surface area contributed by atoms with Gasteiger partial charge in [-0.3, -0.25) is 4.79 Å². The normalized spacial score (nSPS) is 14.2. The van der Waals surface area contributed by atoms with Crippen molar-refractivity contribution in [3.05, 3.63) is 35.9 Å². The summed E-state index contributed by atoms with van der Waals surface area (Å²) >= 11 is 0. The molecule has 0 radical (unpaired) electrons. The van der Waals surface area contributed by atoms with Gasteiger partial charge in [0.15, 0.2) is 0 Å². The number of nitrogens with zero attached hydrogens (tertiary/aromatic N) is 1. The SMILES string of the molecule is COCC(N)C(=O)N(C)C(c1ccccc1)C(C)C. The first-order chi connectivity index (χ1) is 8.99. The summed E-state index contributed by atoms with van der Waals surface area (Å²) in [7, 11) is 3.35. The molecule has 0 fully saturated rings. The smallest absolute Gasteiger partial charge is 0.242 e. The quantitative estimate of drug-likeness (QED) is 0.852. The van der Waals surface area contributed by atoms with E-state index >= 15 is 0 Å². The fraction of sp³-hybridized carbons (Fsp3) is 0.533. The summed E-state index contributed by atoms with van der Waals surface area (Å²) in [6, 6.07) is 9.43. The molecule has 1 amide bonds. The van der Waals surface area contributed by atoms with Crippen LogP contribution in [0.1, 0.15) is 25.5 Å². The average molecular weight is 264 g/mol. The number of carbonyl (C=O) groups excluding carboxylic acids is 1. The molecule has 106 valence electrons. The van der Waals surface area contributed by atoms with Gasteiger partial charge in [0.25, 0.3) is 0 Å². The van der Waals surface area contributed by atoms with E-state index in [1.807, 2.05) is 30.3 Å². The van der Waals surface area contributed by atoms with Crippen LogP contribution in [0.5, 0.6) is 0 Å². The second-order valence-corrected chi connectivity index (χ2v) is 5.11. The molecule has 4 nitrogen and oxygen atoms in total. The minimum atomic E-state index is -0.611. The van der Waals surface area contributed by atoms with E-state index in [4.69, 9.17) is 10.5 Å². The van der Waals surface area contributed by atoms with Crippen LogP contribution in [0.2, 0.25) is 0 Å². The van der Waals surface area contributed by atoms with E-state index in [1.165, 1.54) is 0 Å². The summed E-state index contributed by atoms with van der Waals surface area (Å²) in [5, 5.41) is 0. The number of carbonyl (C=O) groups is 1. The highest BCUT2D eigenvalue weighted by Crippen LogP contribution is 2.27. The highest BCUT2D eigenvalue weighted by Gasteiger charge is 2.27. The van der Waals surface area contributed by atoms with Gasteiger partial charge in [0.2, 0.25) is 5.91 Å². The van der Waals surface area contributed by atoms with E-state index < -0.39 is 6.04 Å². The Hall–Kier alpha value is -1.39. The van der Waals surface area contributed by atoms with E-state index in [0.717, 1.165) is 5.56 Å². The number of hydrogen-bond donors (Lipinski definition) is 1. The molecule has 4 heteroatoms. The molecule has 2 unspecified atom stereocenters. The van der Waals surface area contributed by atoms with Gasteiger partial charge in [0.05, 0.1) is 12.6 Å². The number of amides is 1. The molecule has 0 aromatic heterocycles. The molecule has 2 atom stereocenters. The average Bonchev–Trinajstić information content (AvgIpc) is 2.39. The standard InChI is InChI=1S/C15H24N2O2/c1-11(2)14(12-8-6-5-7-9-12)17(3)15(18)13(16)10-19-4/h5-9,11,13-14H,10,16H2,1-4H3. The minimum Gasteiger partial charge on any atom is -0.383 e. The fourth-order valence-electron chi connectivity index (χ4n) is 2.36. The zero-order valence-corrected chi connectivity index (χ0v) is 12.2. The van der Waals surface area contributed by atoms with Gasteiger partial charge in [-0.25, -0.2) is 0 Å². The van der Waals surface area contributed by atoms with Gasteiger partial charge in [0, 0.05) is 14.2 Å². The van der Waals surface area contributed by atoms with Crippen molar-refractivity contribution in [2.75, 3.05) is 20.8 Å². The van der Waals surface area contributed by atoms with Crippen LogP contribution >= 0.6 is 0 Å². The van der Waals surface area contributed by atoms with Crippen LogP contribution in [-0.4, -0.2) is 37.6 Å². The first-order valence-corrected chi connectivity index (χ1v) is 6.55. The summed E-state index contributed by atoms with van der Waals surface area (Å²) in [4.78, 5) is 14.0. The second kappa shape index (κ2) is 7.26. The van der Waals surface area contributed by atoms with Crippen LogP contribution in [0.25, 0.3) is 0 Å². The third-order valence-corrected chi connectivity index (χ3v) is 3.20. The number of benzene rings is 1. The summed E-state index contributed by atoms with van der Waals surface area (Å²) in [6.07, 6.45) is 0. The predicted molar refractivity (Wildman–Crippen MR) is 76.6 cm³/mol. The fourth-order valence-corrected chi connectivity index (χ4v) is 2.36. The lowest BCUT2D eigenvalue weighted by Crippen LogP contribution is -2.46. The van der Waals surface area contributed by atoms with Crippen molar-refractivity contribution >= 4 is 5.91 Å². The molecule has 0 aliphatic carbocycles. The van der Waals surface area contributed by atoms with Crippen LogP contribution in [0, 0.1) is 5.92 Å². The molecule has 0 bridgehead atoms. The van der Waals surface area contributed by atoms with Gasteiger partial charge in [0.1, 0.15) is 6.04 Å². The molecule has 0 saturated carbocycles. The third-order valence-electron chi connectivity index (χ3n) is 3.20. The van der Waals surface area contributed by atoms with Crippen LogP contribution < -0.4 is 5.73 Å². The molecule has 1 rings (SSSR count). The van der Waals surface area contributed by atoms with Gasteiger partial charge in [-0.15, -0.1) is 0 Å². The van der Waals surface area contributed by atoms with Crippen molar-refractivity contribution in [3.8, 4) is 0 Å². The minimum absolute atomic E-state index is 0.0246. The van der Waals surface area contributed by atoms with Crippen molar-refractivity contribution in [1.82, 2.24) is 4.90 Å². The molecular weight excluding hydrogens is 240 g/mol. The Morgan fingerprint density at radius 3 is 2.37 bits per heavy atom. The number of ether oxygens (including phenoxy) is 1. The Labute approximate surface area is 115 Å². The predicted octanol–water partition coefficient (Wildman–Crippen LogP) is 1.82. The van der Waals surface area contributed by atoms with Gasteiger partial charge in [-0.1, -0.05) is 44.2 Å². The lowest BCUT2D eigenvalue weighted by Gasteiger charge is -2.33. The maximum atomic E-state index is 12.3. The number of hydrogen-bond acceptors (Lipinski definition) is 3. The molecule has 0 spiro atoms. The Balaban J connectivity index is 2.91. The first kappa shape index (κ1) is 15.7. The van der Waals surface area contributed by atoms with Crippen LogP contribution in [-0.2, 0) is 9.53 Å². The first-order valence-electron chi connectivity index (χ1n) is 6.55. The van der Waals surface area contributed by atoms with E-state index in [9.17, 15) is 4.79 Å². The molecule has 1 aromatic carbocycles. The highest BCUT2D eigenvalue weighted by atomic mass is 16.5. The lowest BCUT2D eigenvalue weighted by atomic mass is 9.94. The maximum absolute atomic E-state index is 12.3. The second-order valence-electron chi connectivity index (χ2n) is 5.11. The zero-order valence-electron chi connectivity index (χ0n) is 12.2. The molecule has 1 aromatic rings. The number of likely N-dealkylation sites (N-methyl/N-ethyl adjacent to an activating group) is 1. The number of rotatable bonds is 6. The van der Waals surface area contributed by atoms with Crippen molar-refractivity contribution in [1.29, 1.82) is 0 Å². The molecule has 19 heavy (non-hydrogen) atoms. The van der Waals surface area contributed by atoms with Gasteiger partial charge >= 0.3 is 0 Å². The summed E-state index contributed by atoms with van der Waals surface area (Å²) in [5.74, 6) is 0.218. The molecule has 0 aliphatic heterocycles. The van der Waals surface area contributed by atoms with Crippen molar-refractivity contribution < 1.29 is 9.53 Å². The molecule has 0 saturated heterocycles. The Morgan fingerprint density at radius 1 is 1.32 bits per heavy atom. The third kappa shape index (κ3) is 4.04. The van der Waals surface area contributed by atoms with Crippen LogP contribution in [0.3, 0.4) is 0 Å². The lowest BCUT2D eigenvalue weighted by molar-refractivity contribution is -0.135. The Bertz CT molecular complexity index is 392. The number of methoxy groups -OCH3 is 1. The molecule has 2 N–H and O–H groups in total. The molecular formula is C15H24N2O2. The van der Waals surface area contributed by atoms with Crippen molar-refractivity contribution in [2.45, 2.75) is 25.9 Å². The maximum Gasteiger partial charge on any atom is 0.242 e. The van der Waals surface area contributed by atoms with E-state index in [-0.39, 0.29) is 18.6 Å². The Kier molecular flexibility index (Phi) is 5.99. The Morgan fingerprint density at radius 2 is 1.89 bits per heavy atom. The van der Waals surface area contributed by atoms with Crippen molar-refractivity contribution in [3.63, 3.8) is 0 Å². The van der Waals surface area contributed by atoms with Gasteiger partial charge in [-0.2, -0.15) is 0 Å². The molecule has 0 heterocycles. The van der Waals surface area contributed by atoms with Gasteiger partial charge < -0.3 is 15.4 Å². The van der Waals surface area contributed by atoms with E-state index in [2.05, 4.69) is 13.8 Å². The van der Waals surface area contributed by atoms with Crippen LogP contribution in [0.15, 0.2) is 30.3 Å². The summed E-state index contributed by atoms with van der Waals surface area (Å²) < 4.78 is 4.95. The van der Waals surface area contributed by atoms with Gasteiger partial charge in [-0.05, 0) is 11.5 Å². The highest BCUT2D eigenvalue weighted by molar-refractivity contribution is 5.82. The van der Waals surface area contributed by atoms with E-state index in [1.54, 1.807) is 19.1 Å². The topological polar surface area (TPSA) is 55.6 Å². The van der Waals surface area contributed by atoms with Crippen LogP contribution in [0.4, 0.5) is 0 Å². The monoisotopic (exact) mass is 264 g/mol. The summed E-state index contributed by atoms with van der Waals surface area (Å²) in [5.41, 5.74) is 6.95.